The van der Waals surface area contributed by atoms with Gasteiger partial charge in [-0.1, -0.05) is 12.1 Å². The third-order valence-corrected chi connectivity index (χ3v) is 3.91. The molecule has 8 heteroatoms. The molecule has 0 saturated heterocycles. The summed E-state index contributed by atoms with van der Waals surface area (Å²) in [5.41, 5.74) is 0.807. The second kappa shape index (κ2) is 9.14. The van der Waals surface area contributed by atoms with E-state index < -0.39 is 0 Å². The van der Waals surface area contributed by atoms with Crippen molar-refractivity contribution in [1.82, 2.24) is 15.1 Å². The van der Waals surface area contributed by atoms with Crippen LogP contribution < -0.4 is 5.32 Å². The smallest absolute Gasteiger partial charge is 0.317 e. The molecule has 0 spiro atoms. The van der Waals surface area contributed by atoms with Crippen molar-refractivity contribution in [1.29, 1.82) is 0 Å². The SMILES string of the molecule is COCCN(CCOC)C(=O)NCCN1C(=O)c2ccccc2C1=O. The lowest BCUT2D eigenvalue weighted by Gasteiger charge is -2.23. The van der Waals surface area contributed by atoms with Crippen LogP contribution in [0.15, 0.2) is 24.3 Å². The molecule has 0 aromatic heterocycles. The van der Waals surface area contributed by atoms with Crippen molar-refractivity contribution in [3.8, 4) is 0 Å². The minimum atomic E-state index is -0.328. The molecule has 25 heavy (non-hydrogen) atoms. The number of nitrogens with zero attached hydrogens (tertiary/aromatic N) is 2. The van der Waals surface area contributed by atoms with E-state index in [1.807, 2.05) is 0 Å². The minimum absolute atomic E-state index is 0.125. The maximum absolute atomic E-state index is 12.2. The quantitative estimate of drug-likeness (QED) is 0.659. The minimum Gasteiger partial charge on any atom is -0.383 e. The molecule has 1 heterocycles. The fourth-order valence-corrected chi connectivity index (χ4v) is 2.55. The number of methoxy groups -OCH3 is 2. The van der Waals surface area contributed by atoms with Gasteiger partial charge in [0.05, 0.1) is 24.3 Å². The number of amides is 4. The fourth-order valence-electron chi connectivity index (χ4n) is 2.55. The number of hydrogen-bond donors (Lipinski definition) is 1. The summed E-state index contributed by atoms with van der Waals surface area (Å²) in [6, 6.07) is 6.42. The van der Waals surface area contributed by atoms with Crippen molar-refractivity contribution < 1.29 is 23.9 Å². The number of ether oxygens (including phenoxy) is 2. The first-order chi connectivity index (χ1) is 12.1. The highest BCUT2D eigenvalue weighted by Crippen LogP contribution is 2.21. The molecule has 0 aliphatic carbocycles. The van der Waals surface area contributed by atoms with Crippen molar-refractivity contribution in [2.45, 2.75) is 0 Å². The van der Waals surface area contributed by atoms with Crippen LogP contribution in [0, 0.1) is 0 Å². The van der Waals surface area contributed by atoms with Crippen LogP contribution in [-0.2, 0) is 9.47 Å². The number of hydrogen-bond acceptors (Lipinski definition) is 5. The molecular formula is C17H23N3O5. The Kier molecular flexibility index (Phi) is 6.91. The normalized spacial score (nSPS) is 13.1. The second-order valence-electron chi connectivity index (χ2n) is 5.51. The largest absolute Gasteiger partial charge is 0.383 e. The molecule has 1 aliphatic heterocycles. The van der Waals surface area contributed by atoms with Gasteiger partial charge in [-0.3, -0.25) is 14.5 Å². The number of nitrogens with one attached hydrogen (secondary N) is 1. The van der Waals surface area contributed by atoms with Gasteiger partial charge in [-0.2, -0.15) is 0 Å². The topological polar surface area (TPSA) is 88.2 Å². The molecule has 1 aromatic rings. The summed E-state index contributed by atoms with van der Waals surface area (Å²) in [6.07, 6.45) is 0. The average Bonchev–Trinajstić information content (AvgIpc) is 2.87. The average molecular weight is 349 g/mol. The molecule has 8 nitrogen and oxygen atoms in total. The van der Waals surface area contributed by atoms with Crippen LogP contribution >= 0.6 is 0 Å². The number of rotatable bonds is 9. The predicted molar refractivity (Wildman–Crippen MR) is 90.5 cm³/mol. The summed E-state index contributed by atoms with van der Waals surface area (Å²) < 4.78 is 9.98. The molecule has 1 aliphatic rings. The van der Waals surface area contributed by atoms with Crippen LogP contribution in [0.3, 0.4) is 0 Å². The van der Waals surface area contributed by atoms with Gasteiger partial charge in [-0.25, -0.2) is 4.79 Å². The molecule has 1 aromatic carbocycles. The van der Waals surface area contributed by atoms with E-state index in [1.165, 1.54) is 0 Å². The Morgan fingerprint density at radius 1 is 1.04 bits per heavy atom. The molecule has 2 rings (SSSR count). The summed E-state index contributed by atoms with van der Waals surface area (Å²) in [4.78, 5) is 39.4. The van der Waals surface area contributed by atoms with Gasteiger partial charge in [0.2, 0.25) is 0 Å². The van der Waals surface area contributed by atoms with Crippen LogP contribution in [-0.4, -0.2) is 81.3 Å². The molecule has 0 unspecified atom stereocenters. The molecule has 0 saturated carbocycles. The zero-order valence-corrected chi connectivity index (χ0v) is 14.5. The Morgan fingerprint density at radius 2 is 1.56 bits per heavy atom. The van der Waals surface area contributed by atoms with Crippen LogP contribution in [0.25, 0.3) is 0 Å². The number of fused-ring (bicyclic) bond motifs is 1. The van der Waals surface area contributed by atoms with Gasteiger partial charge in [-0.15, -0.1) is 0 Å². The highest BCUT2D eigenvalue weighted by atomic mass is 16.5. The number of urea groups is 1. The van der Waals surface area contributed by atoms with Crippen LogP contribution in [0.5, 0.6) is 0 Å². The number of imide groups is 1. The third-order valence-electron chi connectivity index (χ3n) is 3.91. The van der Waals surface area contributed by atoms with E-state index >= 15 is 0 Å². The lowest BCUT2D eigenvalue weighted by atomic mass is 10.1. The zero-order chi connectivity index (χ0) is 18.2. The van der Waals surface area contributed by atoms with E-state index in [0.29, 0.717) is 37.4 Å². The van der Waals surface area contributed by atoms with Gasteiger partial charge >= 0.3 is 6.03 Å². The van der Waals surface area contributed by atoms with E-state index in [9.17, 15) is 14.4 Å². The first-order valence-electron chi connectivity index (χ1n) is 8.06. The van der Waals surface area contributed by atoms with Gasteiger partial charge in [0, 0.05) is 40.4 Å². The Hall–Kier alpha value is -2.45. The Bertz CT molecular complexity index is 591. The van der Waals surface area contributed by atoms with E-state index in [2.05, 4.69) is 5.32 Å². The Balaban J connectivity index is 1.86. The summed E-state index contributed by atoms with van der Waals surface area (Å²) in [5, 5.41) is 2.73. The van der Waals surface area contributed by atoms with Crippen LogP contribution in [0.1, 0.15) is 20.7 Å². The number of carbonyl (C=O) groups is 3. The van der Waals surface area contributed by atoms with Crippen LogP contribution in [0.2, 0.25) is 0 Å². The van der Waals surface area contributed by atoms with E-state index in [-0.39, 0.29) is 30.9 Å². The van der Waals surface area contributed by atoms with Gasteiger partial charge < -0.3 is 19.7 Å². The zero-order valence-electron chi connectivity index (χ0n) is 14.5. The van der Waals surface area contributed by atoms with Crippen molar-refractivity contribution in [3.05, 3.63) is 35.4 Å². The molecule has 1 N–H and O–H groups in total. The Labute approximate surface area is 146 Å². The summed E-state index contributed by atoms with van der Waals surface area (Å²) in [5.74, 6) is -0.657. The van der Waals surface area contributed by atoms with Gasteiger partial charge in [0.25, 0.3) is 11.8 Å². The maximum atomic E-state index is 12.2. The lowest BCUT2D eigenvalue weighted by Crippen LogP contribution is -2.46. The van der Waals surface area contributed by atoms with Crippen molar-refractivity contribution >= 4 is 17.8 Å². The highest BCUT2D eigenvalue weighted by Gasteiger charge is 2.34. The highest BCUT2D eigenvalue weighted by molar-refractivity contribution is 6.21. The lowest BCUT2D eigenvalue weighted by molar-refractivity contribution is 0.0654. The van der Waals surface area contributed by atoms with E-state index in [0.717, 1.165) is 4.90 Å². The van der Waals surface area contributed by atoms with Crippen molar-refractivity contribution in [2.24, 2.45) is 0 Å². The fraction of sp³-hybridized carbons (Fsp3) is 0.471. The first kappa shape index (κ1) is 18.9. The Morgan fingerprint density at radius 3 is 2.04 bits per heavy atom. The van der Waals surface area contributed by atoms with Gasteiger partial charge in [0.15, 0.2) is 0 Å². The predicted octanol–water partition coefficient (Wildman–Crippen LogP) is 0.587. The maximum Gasteiger partial charge on any atom is 0.317 e. The second-order valence-corrected chi connectivity index (χ2v) is 5.51. The molecule has 0 radical (unpaired) electrons. The summed E-state index contributed by atoms with van der Waals surface area (Å²) in [7, 11) is 3.13. The summed E-state index contributed by atoms with van der Waals surface area (Å²) in [6.45, 7) is 1.99. The number of benzene rings is 1. The molecule has 136 valence electrons. The van der Waals surface area contributed by atoms with Crippen molar-refractivity contribution in [2.75, 3.05) is 53.6 Å². The molecule has 0 atom stereocenters. The van der Waals surface area contributed by atoms with Crippen molar-refractivity contribution in [3.63, 3.8) is 0 Å². The molecular weight excluding hydrogens is 326 g/mol. The first-order valence-corrected chi connectivity index (χ1v) is 8.06. The van der Waals surface area contributed by atoms with Gasteiger partial charge in [-0.05, 0) is 12.1 Å². The monoisotopic (exact) mass is 349 g/mol. The third kappa shape index (κ3) is 4.55. The van der Waals surface area contributed by atoms with Gasteiger partial charge in [0.1, 0.15) is 0 Å². The molecule has 4 amide bonds. The standard InChI is InChI=1S/C17H23N3O5/c1-24-11-9-19(10-12-25-2)17(23)18-7-8-20-15(21)13-5-3-4-6-14(13)16(20)22/h3-6H,7-12H2,1-2H3,(H,18,23). The number of carbonyl (C=O) groups excluding carboxylic acids is 3. The van der Waals surface area contributed by atoms with E-state index in [1.54, 1.807) is 43.4 Å². The van der Waals surface area contributed by atoms with E-state index in [4.69, 9.17) is 9.47 Å². The molecule has 0 bridgehead atoms. The molecule has 0 fully saturated rings. The summed E-state index contributed by atoms with van der Waals surface area (Å²) >= 11 is 0. The van der Waals surface area contributed by atoms with Crippen LogP contribution in [0.4, 0.5) is 4.79 Å².